The lowest BCUT2D eigenvalue weighted by molar-refractivity contribution is -0.114. The maximum absolute atomic E-state index is 13.6. The molecule has 1 aliphatic heterocycles. The molecule has 8 nitrogen and oxygen atoms in total. The van der Waals surface area contributed by atoms with Crippen LogP contribution in [0.25, 0.3) is 11.0 Å². The SMILES string of the molecule is CC(=O)Nc1cc(C(=O)N2CCN(c3ccccc3)CC2C)cc2ncn(CCc3ccccn3)c12. The molecule has 0 saturated carbocycles. The number of fused-ring (bicyclic) bond motifs is 1. The average Bonchev–Trinajstić information content (AvgIpc) is 3.31. The Bertz CT molecular complexity index is 1370. The molecule has 1 unspecified atom stereocenters. The van der Waals surface area contributed by atoms with Crippen LogP contribution in [0.5, 0.6) is 0 Å². The lowest BCUT2D eigenvalue weighted by atomic mass is 10.1. The molecule has 2 aromatic heterocycles. The van der Waals surface area contributed by atoms with Crippen molar-refractivity contribution in [2.45, 2.75) is 32.9 Å². The van der Waals surface area contributed by atoms with Gasteiger partial charge < -0.3 is 19.7 Å². The number of para-hydroxylation sites is 1. The molecule has 4 aromatic rings. The highest BCUT2D eigenvalue weighted by molar-refractivity contribution is 6.05. The summed E-state index contributed by atoms with van der Waals surface area (Å²) in [5.74, 6) is -0.241. The third-order valence-electron chi connectivity index (χ3n) is 6.62. The van der Waals surface area contributed by atoms with Crippen LogP contribution >= 0.6 is 0 Å². The maximum Gasteiger partial charge on any atom is 0.254 e. The molecule has 1 atom stereocenters. The number of hydrogen-bond acceptors (Lipinski definition) is 5. The fourth-order valence-corrected chi connectivity index (χ4v) is 4.87. The highest BCUT2D eigenvalue weighted by Gasteiger charge is 2.29. The quantitative estimate of drug-likeness (QED) is 0.449. The second-order valence-corrected chi connectivity index (χ2v) is 9.21. The van der Waals surface area contributed by atoms with Gasteiger partial charge in [0.15, 0.2) is 0 Å². The number of piperazine rings is 1. The number of aryl methyl sites for hydroxylation is 2. The van der Waals surface area contributed by atoms with Gasteiger partial charge in [-0.3, -0.25) is 14.6 Å². The van der Waals surface area contributed by atoms with E-state index >= 15 is 0 Å². The molecule has 0 bridgehead atoms. The van der Waals surface area contributed by atoms with Gasteiger partial charge in [0.2, 0.25) is 5.91 Å². The number of anilines is 2. The summed E-state index contributed by atoms with van der Waals surface area (Å²) in [6.45, 7) is 6.36. The summed E-state index contributed by atoms with van der Waals surface area (Å²) in [5.41, 5.74) is 4.76. The number of aromatic nitrogens is 3. The number of hydrogen-bond donors (Lipinski definition) is 1. The molecule has 8 heteroatoms. The van der Waals surface area contributed by atoms with Gasteiger partial charge in [-0.1, -0.05) is 24.3 Å². The van der Waals surface area contributed by atoms with Crippen LogP contribution in [-0.2, 0) is 17.8 Å². The Morgan fingerprint density at radius 3 is 2.56 bits per heavy atom. The first kappa shape index (κ1) is 23.5. The van der Waals surface area contributed by atoms with Crippen LogP contribution in [0.1, 0.15) is 29.9 Å². The highest BCUT2D eigenvalue weighted by Crippen LogP contribution is 2.28. The molecule has 5 rings (SSSR count). The van der Waals surface area contributed by atoms with E-state index in [4.69, 9.17) is 0 Å². The molecule has 0 spiro atoms. The van der Waals surface area contributed by atoms with Crippen molar-refractivity contribution in [3.63, 3.8) is 0 Å². The summed E-state index contributed by atoms with van der Waals surface area (Å²) in [4.78, 5) is 38.8. The van der Waals surface area contributed by atoms with Gasteiger partial charge in [-0.15, -0.1) is 0 Å². The molecule has 36 heavy (non-hydrogen) atoms. The largest absolute Gasteiger partial charge is 0.368 e. The number of rotatable bonds is 6. The molecule has 1 saturated heterocycles. The Kier molecular flexibility index (Phi) is 6.66. The van der Waals surface area contributed by atoms with Crippen LogP contribution in [0.2, 0.25) is 0 Å². The zero-order valence-corrected chi connectivity index (χ0v) is 20.6. The van der Waals surface area contributed by atoms with E-state index in [0.717, 1.165) is 30.7 Å². The third-order valence-corrected chi connectivity index (χ3v) is 6.62. The minimum absolute atomic E-state index is 0.0438. The number of amides is 2. The van der Waals surface area contributed by atoms with Crippen LogP contribution in [0.3, 0.4) is 0 Å². The number of nitrogens with one attached hydrogen (secondary N) is 1. The van der Waals surface area contributed by atoms with Gasteiger partial charge in [-0.05, 0) is 43.3 Å². The fraction of sp³-hybridized carbons (Fsp3) is 0.286. The maximum atomic E-state index is 13.6. The summed E-state index contributed by atoms with van der Waals surface area (Å²) in [7, 11) is 0. The summed E-state index contributed by atoms with van der Waals surface area (Å²) in [6.07, 6.45) is 4.27. The molecule has 1 aliphatic rings. The Labute approximate surface area is 210 Å². The zero-order valence-electron chi connectivity index (χ0n) is 20.6. The van der Waals surface area contributed by atoms with Gasteiger partial charge in [0, 0.05) is 68.7 Å². The summed E-state index contributed by atoms with van der Waals surface area (Å²) < 4.78 is 2.00. The second-order valence-electron chi connectivity index (χ2n) is 9.21. The molecular weight excluding hydrogens is 452 g/mol. The average molecular weight is 483 g/mol. The van der Waals surface area contributed by atoms with Crippen molar-refractivity contribution in [2.24, 2.45) is 0 Å². The summed E-state index contributed by atoms with van der Waals surface area (Å²) >= 11 is 0. The fourth-order valence-electron chi connectivity index (χ4n) is 4.87. The van der Waals surface area contributed by atoms with Crippen molar-refractivity contribution in [1.82, 2.24) is 19.4 Å². The predicted molar refractivity (Wildman–Crippen MR) is 141 cm³/mol. The van der Waals surface area contributed by atoms with Crippen LogP contribution in [0.4, 0.5) is 11.4 Å². The monoisotopic (exact) mass is 482 g/mol. The van der Waals surface area contributed by atoms with E-state index in [2.05, 4.69) is 39.2 Å². The Hall–Kier alpha value is -4.20. The Morgan fingerprint density at radius 2 is 1.83 bits per heavy atom. The number of benzene rings is 2. The first-order valence-corrected chi connectivity index (χ1v) is 12.3. The van der Waals surface area contributed by atoms with E-state index < -0.39 is 0 Å². The topological polar surface area (TPSA) is 83.4 Å². The van der Waals surface area contributed by atoms with Gasteiger partial charge in [-0.25, -0.2) is 4.98 Å². The highest BCUT2D eigenvalue weighted by atomic mass is 16.2. The van der Waals surface area contributed by atoms with Crippen molar-refractivity contribution in [3.8, 4) is 0 Å². The Morgan fingerprint density at radius 1 is 1.03 bits per heavy atom. The standard InChI is InChI=1S/C28H30N6O2/c1-20-18-32(24-9-4-3-5-10-24)14-15-34(20)28(36)22-16-25-27(26(17-22)31-21(2)35)33(19-30-25)13-11-23-8-6-7-12-29-23/h3-10,12,16-17,19-20H,11,13-15,18H2,1-2H3,(H,31,35). The van der Waals surface area contributed by atoms with E-state index in [1.165, 1.54) is 12.6 Å². The van der Waals surface area contributed by atoms with E-state index in [1.54, 1.807) is 18.6 Å². The zero-order chi connectivity index (χ0) is 25.1. The van der Waals surface area contributed by atoms with Gasteiger partial charge in [0.1, 0.15) is 0 Å². The molecule has 1 N–H and O–H groups in total. The molecule has 184 valence electrons. The smallest absolute Gasteiger partial charge is 0.254 e. The van der Waals surface area contributed by atoms with Crippen LogP contribution in [0, 0.1) is 0 Å². The van der Waals surface area contributed by atoms with E-state index in [9.17, 15) is 9.59 Å². The molecule has 2 amide bonds. The minimum Gasteiger partial charge on any atom is -0.368 e. The Balaban J connectivity index is 1.39. The van der Waals surface area contributed by atoms with Crippen LogP contribution in [-0.4, -0.2) is 56.9 Å². The molecule has 3 heterocycles. The number of carbonyl (C=O) groups is 2. The summed E-state index contributed by atoms with van der Waals surface area (Å²) in [6, 6.07) is 19.8. The molecular formula is C28H30N6O2. The second kappa shape index (κ2) is 10.2. The van der Waals surface area contributed by atoms with Crippen LogP contribution in [0.15, 0.2) is 73.2 Å². The van der Waals surface area contributed by atoms with Crippen molar-refractivity contribution < 1.29 is 9.59 Å². The van der Waals surface area contributed by atoms with E-state index in [0.29, 0.717) is 29.9 Å². The first-order valence-electron chi connectivity index (χ1n) is 12.3. The lowest BCUT2D eigenvalue weighted by Gasteiger charge is -2.41. The van der Waals surface area contributed by atoms with Crippen molar-refractivity contribution in [3.05, 3.63) is 84.4 Å². The van der Waals surface area contributed by atoms with Gasteiger partial charge in [-0.2, -0.15) is 0 Å². The number of pyridine rings is 1. The minimum atomic E-state index is -0.191. The van der Waals surface area contributed by atoms with Crippen molar-refractivity contribution in [2.75, 3.05) is 29.9 Å². The first-order chi connectivity index (χ1) is 17.5. The third kappa shape index (κ3) is 4.93. The van der Waals surface area contributed by atoms with E-state index in [1.807, 2.05) is 51.9 Å². The molecule has 1 fully saturated rings. The lowest BCUT2D eigenvalue weighted by Crippen LogP contribution is -2.54. The molecule has 0 radical (unpaired) electrons. The predicted octanol–water partition coefficient (Wildman–Crippen LogP) is 3.98. The van der Waals surface area contributed by atoms with Gasteiger partial charge >= 0.3 is 0 Å². The van der Waals surface area contributed by atoms with Crippen LogP contribution < -0.4 is 10.2 Å². The number of carbonyl (C=O) groups excluding carboxylic acids is 2. The van der Waals surface area contributed by atoms with E-state index in [-0.39, 0.29) is 17.9 Å². The van der Waals surface area contributed by atoms with Gasteiger partial charge in [0.25, 0.3) is 5.91 Å². The molecule has 0 aliphatic carbocycles. The number of imidazole rings is 1. The molecule has 2 aromatic carbocycles. The van der Waals surface area contributed by atoms with Crippen molar-refractivity contribution in [1.29, 1.82) is 0 Å². The van der Waals surface area contributed by atoms with Gasteiger partial charge in [0.05, 0.1) is 23.0 Å². The number of nitrogens with zero attached hydrogens (tertiary/aromatic N) is 5. The normalized spacial score (nSPS) is 15.8. The summed E-state index contributed by atoms with van der Waals surface area (Å²) in [5, 5.41) is 2.92. The van der Waals surface area contributed by atoms with Crippen molar-refractivity contribution >= 4 is 34.2 Å².